The van der Waals surface area contributed by atoms with Crippen molar-refractivity contribution in [2.75, 3.05) is 20.2 Å². The van der Waals surface area contributed by atoms with Crippen molar-refractivity contribution in [3.05, 3.63) is 59.2 Å². The highest BCUT2D eigenvalue weighted by molar-refractivity contribution is 5.37. The molecule has 1 unspecified atom stereocenters. The Morgan fingerprint density at radius 1 is 1.08 bits per heavy atom. The van der Waals surface area contributed by atoms with Crippen LogP contribution in [0.3, 0.4) is 0 Å². The fourth-order valence-corrected chi connectivity index (χ4v) is 3.51. The van der Waals surface area contributed by atoms with E-state index in [9.17, 15) is 5.11 Å². The third-order valence-corrected chi connectivity index (χ3v) is 4.73. The zero-order valence-electron chi connectivity index (χ0n) is 14.4. The first-order valence-electron chi connectivity index (χ1n) is 8.91. The number of nitrogens with one attached hydrogen (secondary N) is 1. The molecule has 0 bridgehead atoms. The summed E-state index contributed by atoms with van der Waals surface area (Å²) in [5.74, 6) is 1.67. The van der Waals surface area contributed by atoms with Crippen LogP contribution < -0.4 is 10.1 Å². The summed E-state index contributed by atoms with van der Waals surface area (Å²) >= 11 is 0. The molecule has 0 radical (unpaired) electrons. The zero-order valence-corrected chi connectivity index (χ0v) is 14.4. The Balaban J connectivity index is 1.61. The molecule has 2 aromatic carbocycles. The van der Waals surface area contributed by atoms with E-state index in [4.69, 9.17) is 4.74 Å². The predicted octanol–water partition coefficient (Wildman–Crippen LogP) is 3.73. The molecule has 3 rings (SSSR count). The fourth-order valence-electron chi connectivity index (χ4n) is 3.51. The Morgan fingerprint density at radius 3 is 2.71 bits per heavy atom. The Hall–Kier alpha value is -2.00. The number of rotatable bonds is 7. The van der Waals surface area contributed by atoms with Crippen LogP contribution in [0.1, 0.15) is 29.5 Å². The molecule has 1 atom stereocenters. The fraction of sp³-hybridized carbons (Fsp3) is 0.429. The van der Waals surface area contributed by atoms with E-state index in [1.807, 2.05) is 19.2 Å². The molecule has 0 saturated carbocycles. The molecule has 1 aliphatic carbocycles. The number of hydrogen-bond acceptors (Lipinski definition) is 3. The lowest BCUT2D eigenvalue weighted by Crippen LogP contribution is -2.26. The van der Waals surface area contributed by atoms with E-state index in [-0.39, 0.29) is 0 Å². The lowest BCUT2D eigenvalue weighted by atomic mass is 9.92. The molecule has 3 heteroatoms. The summed E-state index contributed by atoms with van der Waals surface area (Å²) in [5.41, 5.74) is 4.08. The molecule has 128 valence electrons. The summed E-state index contributed by atoms with van der Waals surface area (Å²) in [6.07, 6.45) is 5.86. The average Bonchev–Trinajstić information content (AvgIpc) is 2.60. The van der Waals surface area contributed by atoms with Gasteiger partial charge in [0.15, 0.2) is 0 Å². The second-order valence-corrected chi connectivity index (χ2v) is 6.75. The average molecular weight is 325 g/mol. The lowest BCUT2D eigenvalue weighted by Gasteiger charge is -2.20. The number of ether oxygens (including phenoxy) is 1. The van der Waals surface area contributed by atoms with E-state index in [2.05, 4.69) is 29.6 Å². The van der Waals surface area contributed by atoms with Gasteiger partial charge < -0.3 is 15.2 Å². The molecule has 1 aliphatic rings. The van der Waals surface area contributed by atoms with Gasteiger partial charge in [0.05, 0.1) is 6.61 Å². The quantitative estimate of drug-likeness (QED) is 0.815. The third kappa shape index (κ3) is 4.51. The van der Waals surface area contributed by atoms with Gasteiger partial charge in [-0.3, -0.25) is 0 Å². The maximum absolute atomic E-state index is 9.63. The summed E-state index contributed by atoms with van der Waals surface area (Å²) in [6.45, 7) is 1.57. The lowest BCUT2D eigenvalue weighted by molar-refractivity contribution is 0.245. The molecule has 0 aliphatic heterocycles. The van der Waals surface area contributed by atoms with Gasteiger partial charge >= 0.3 is 0 Å². The van der Waals surface area contributed by atoms with Gasteiger partial charge in [-0.05, 0) is 80.1 Å². The van der Waals surface area contributed by atoms with Crippen LogP contribution in [0.25, 0.3) is 0 Å². The van der Waals surface area contributed by atoms with Gasteiger partial charge in [0.1, 0.15) is 11.5 Å². The van der Waals surface area contributed by atoms with Crippen molar-refractivity contribution >= 4 is 0 Å². The number of phenolic OH excluding ortho intramolecular Hbond substituents is 1. The maximum Gasteiger partial charge on any atom is 0.119 e. The van der Waals surface area contributed by atoms with Crippen molar-refractivity contribution in [3.63, 3.8) is 0 Å². The number of aryl methyl sites for hydroxylation is 2. The van der Waals surface area contributed by atoms with Crippen molar-refractivity contribution in [1.82, 2.24) is 5.32 Å². The normalized spacial score (nSPS) is 14.9. The van der Waals surface area contributed by atoms with Gasteiger partial charge in [-0.15, -0.1) is 0 Å². The van der Waals surface area contributed by atoms with Crippen LogP contribution in [-0.4, -0.2) is 25.3 Å². The van der Waals surface area contributed by atoms with Gasteiger partial charge in [0, 0.05) is 12.5 Å². The van der Waals surface area contributed by atoms with Crippen LogP contribution in [0.2, 0.25) is 0 Å². The van der Waals surface area contributed by atoms with Crippen LogP contribution in [0, 0.1) is 5.92 Å². The molecule has 0 fully saturated rings. The van der Waals surface area contributed by atoms with Crippen molar-refractivity contribution < 1.29 is 9.84 Å². The minimum absolute atomic E-state index is 0.325. The zero-order chi connectivity index (χ0) is 16.8. The monoisotopic (exact) mass is 325 g/mol. The molecule has 3 nitrogen and oxygen atoms in total. The number of benzene rings is 2. The summed E-state index contributed by atoms with van der Waals surface area (Å²) in [5, 5.41) is 12.9. The highest BCUT2D eigenvalue weighted by Gasteiger charge is 2.13. The molecular formula is C21H27NO2. The summed E-state index contributed by atoms with van der Waals surface area (Å²) in [4.78, 5) is 0. The summed E-state index contributed by atoms with van der Waals surface area (Å²) in [6, 6.07) is 14.1. The minimum Gasteiger partial charge on any atom is -0.508 e. The molecular weight excluding hydrogens is 298 g/mol. The molecule has 2 N–H and O–H groups in total. The molecule has 0 spiro atoms. The Morgan fingerprint density at radius 2 is 1.92 bits per heavy atom. The smallest absolute Gasteiger partial charge is 0.119 e. The van der Waals surface area contributed by atoms with E-state index >= 15 is 0 Å². The largest absolute Gasteiger partial charge is 0.508 e. The number of aromatic hydroxyl groups is 1. The Labute approximate surface area is 144 Å². The first-order chi connectivity index (χ1) is 11.7. The maximum atomic E-state index is 9.63. The van der Waals surface area contributed by atoms with Crippen LogP contribution in [0.4, 0.5) is 0 Å². The second kappa shape index (κ2) is 8.20. The second-order valence-electron chi connectivity index (χ2n) is 6.75. The van der Waals surface area contributed by atoms with Crippen molar-refractivity contribution in [1.29, 1.82) is 0 Å². The summed E-state index contributed by atoms with van der Waals surface area (Å²) in [7, 11) is 1.97. The van der Waals surface area contributed by atoms with Crippen LogP contribution in [-0.2, 0) is 19.3 Å². The SMILES string of the molecule is CNCC(COc1ccc2c(c1)CCCC2)Cc1cccc(O)c1. The molecule has 0 aromatic heterocycles. The van der Waals surface area contributed by atoms with Crippen LogP contribution in [0.5, 0.6) is 11.5 Å². The minimum atomic E-state index is 0.325. The standard InChI is InChI=1S/C21H27NO2/c1-22-14-17(11-16-5-4-8-20(23)12-16)15-24-21-10-9-18-6-2-3-7-19(18)13-21/h4-5,8-10,12-13,17,22-23H,2-3,6-7,11,14-15H2,1H3. The highest BCUT2D eigenvalue weighted by atomic mass is 16.5. The van der Waals surface area contributed by atoms with E-state index in [1.165, 1.54) is 36.8 Å². The predicted molar refractivity (Wildman–Crippen MR) is 97.8 cm³/mol. The molecule has 0 saturated heterocycles. The summed E-state index contributed by atoms with van der Waals surface area (Å²) < 4.78 is 6.09. The Bertz CT molecular complexity index is 669. The van der Waals surface area contributed by atoms with Crippen molar-refractivity contribution in [2.45, 2.75) is 32.1 Å². The van der Waals surface area contributed by atoms with Gasteiger partial charge in [0.2, 0.25) is 0 Å². The van der Waals surface area contributed by atoms with Gasteiger partial charge in [-0.1, -0.05) is 18.2 Å². The molecule has 0 amide bonds. The van der Waals surface area contributed by atoms with Gasteiger partial charge in [-0.25, -0.2) is 0 Å². The molecule has 24 heavy (non-hydrogen) atoms. The van der Waals surface area contributed by atoms with Crippen LogP contribution in [0.15, 0.2) is 42.5 Å². The number of phenols is 1. The molecule has 2 aromatic rings. The first kappa shape index (κ1) is 16.8. The van der Waals surface area contributed by atoms with Crippen molar-refractivity contribution in [3.8, 4) is 11.5 Å². The Kier molecular flexibility index (Phi) is 5.76. The molecule has 0 heterocycles. The third-order valence-electron chi connectivity index (χ3n) is 4.73. The van der Waals surface area contributed by atoms with E-state index < -0.39 is 0 Å². The van der Waals surface area contributed by atoms with E-state index in [1.54, 1.807) is 6.07 Å². The van der Waals surface area contributed by atoms with E-state index in [0.29, 0.717) is 18.3 Å². The topological polar surface area (TPSA) is 41.5 Å². The van der Waals surface area contributed by atoms with Gasteiger partial charge in [0.25, 0.3) is 0 Å². The van der Waals surface area contributed by atoms with E-state index in [0.717, 1.165) is 24.3 Å². The van der Waals surface area contributed by atoms with Gasteiger partial charge in [-0.2, -0.15) is 0 Å². The number of fused-ring (bicyclic) bond motifs is 1. The van der Waals surface area contributed by atoms with Crippen molar-refractivity contribution in [2.24, 2.45) is 5.92 Å². The first-order valence-corrected chi connectivity index (χ1v) is 8.91. The highest BCUT2D eigenvalue weighted by Crippen LogP contribution is 2.26. The number of hydrogen-bond donors (Lipinski definition) is 2. The van der Waals surface area contributed by atoms with Crippen LogP contribution >= 0.6 is 0 Å².